The summed E-state index contributed by atoms with van der Waals surface area (Å²) in [5, 5.41) is 0. The fraction of sp³-hybridized carbons (Fsp3) is 0.429. The van der Waals surface area contributed by atoms with Crippen LogP contribution in [0.3, 0.4) is 0 Å². The SMILES string of the molecule is CN(c1c(C(=O)CC(=O)C2CC2)ccc(F)c1F)S(C)(=O)=O. The van der Waals surface area contributed by atoms with Crippen molar-refractivity contribution in [3.8, 4) is 0 Å². The molecule has 120 valence electrons. The molecule has 22 heavy (non-hydrogen) atoms. The lowest BCUT2D eigenvalue weighted by Gasteiger charge is -2.20. The van der Waals surface area contributed by atoms with E-state index in [2.05, 4.69) is 0 Å². The molecule has 0 saturated heterocycles. The van der Waals surface area contributed by atoms with E-state index in [0.717, 1.165) is 38.3 Å². The summed E-state index contributed by atoms with van der Waals surface area (Å²) < 4.78 is 51.0. The highest BCUT2D eigenvalue weighted by Gasteiger charge is 2.32. The molecular formula is C14H15F2NO4S. The van der Waals surface area contributed by atoms with Crippen LogP contribution in [0.5, 0.6) is 0 Å². The monoisotopic (exact) mass is 331 g/mol. The average Bonchev–Trinajstić information content (AvgIpc) is 3.24. The minimum atomic E-state index is -3.89. The second-order valence-electron chi connectivity index (χ2n) is 5.33. The number of hydrogen-bond acceptors (Lipinski definition) is 4. The fourth-order valence-electron chi connectivity index (χ4n) is 2.04. The molecule has 1 aromatic carbocycles. The average molecular weight is 331 g/mol. The summed E-state index contributed by atoms with van der Waals surface area (Å²) in [6, 6.07) is 1.74. The van der Waals surface area contributed by atoms with Gasteiger partial charge in [0.15, 0.2) is 17.4 Å². The van der Waals surface area contributed by atoms with Crippen LogP contribution >= 0.6 is 0 Å². The molecule has 0 aromatic heterocycles. The number of carbonyl (C=O) groups is 2. The van der Waals surface area contributed by atoms with Crippen molar-refractivity contribution in [1.82, 2.24) is 0 Å². The Morgan fingerprint density at radius 2 is 1.86 bits per heavy atom. The Kier molecular flexibility index (Phi) is 4.32. The third-order valence-electron chi connectivity index (χ3n) is 3.55. The summed E-state index contributed by atoms with van der Waals surface area (Å²) in [4.78, 5) is 23.9. The van der Waals surface area contributed by atoms with Crippen molar-refractivity contribution < 1.29 is 26.8 Å². The van der Waals surface area contributed by atoms with Gasteiger partial charge in [-0.05, 0) is 25.0 Å². The molecule has 1 aromatic rings. The van der Waals surface area contributed by atoms with Crippen LogP contribution in [0.25, 0.3) is 0 Å². The molecule has 1 aliphatic rings. The van der Waals surface area contributed by atoms with E-state index in [4.69, 9.17) is 0 Å². The molecule has 0 unspecified atom stereocenters. The molecule has 1 aliphatic carbocycles. The molecule has 2 rings (SSSR count). The van der Waals surface area contributed by atoms with Crippen molar-refractivity contribution in [2.45, 2.75) is 19.3 Å². The number of ketones is 2. The Morgan fingerprint density at radius 3 is 2.36 bits per heavy atom. The van der Waals surface area contributed by atoms with E-state index in [1.54, 1.807) is 0 Å². The van der Waals surface area contributed by atoms with Gasteiger partial charge in [0, 0.05) is 18.5 Å². The van der Waals surface area contributed by atoms with Gasteiger partial charge in [-0.15, -0.1) is 0 Å². The molecule has 0 heterocycles. The molecule has 0 spiro atoms. The highest BCUT2D eigenvalue weighted by atomic mass is 32.2. The second-order valence-corrected chi connectivity index (χ2v) is 7.34. The van der Waals surface area contributed by atoms with Crippen LogP contribution in [0.2, 0.25) is 0 Å². The second kappa shape index (κ2) is 5.75. The number of anilines is 1. The van der Waals surface area contributed by atoms with Gasteiger partial charge < -0.3 is 0 Å². The summed E-state index contributed by atoms with van der Waals surface area (Å²) in [5.74, 6) is -3.83. The first-order valence-electron chi connectivity index (χ1n) is 6.60. The molecule has 5 nitrogen and oxygen atoms in total. The van der Waals surface area contributed by atoms with Crippen molar-refractivity contribution in [3.05, 3.63) is 29.3 Å². The molecule has 0 amide bonds. The lowest BCUT2D eigenvalue weighted by Crippen LogP contribution is -2.28. The summed E-state index contributed by atoms with van der Waals surface area (Å²) in [6.07, 6.45) is 1.81. The van der Waals surface area contributed by atoms with E-state index in [-0.39, 0.29) is 17.3 Å². The number of rotatable bonds is 6. The molecular weight excluding hydrogens is 316 g/mol. The maximum absolute atomic E-state index is 14.0. The largest absolute Gasteiger partial charge is 0.299 e. The van der Waals surface area contributed by atoms with Crippen molar-refractivity contribution in [1.29, 1.82) is 0 Å². The summed E-state index contributed by atoms with van der Waals surface area (Å²) in [5.41, 5.74) is -0.989. The predicted octanol–water partition coefficient (Wildman–Crippen LogP) is 1.91. The number of hydrogen-bond donors (Lipinski definition) is 0. The van der Waals surface area contributed by atoms with Gasteiger partial charge in [-0.1, -0.05) is 0 Å². The first-order valence-corrected chi connectivity index (χ1v) is 8.45. The predicted molar refractivity (Wildman–Crippen MR) is 76.3 cm³/mol. The van der Waals surface area contributed by atoms with Crippen LogP contribution in [-0.2, 0) is 14.8 Å². The summed E-state index contributed by atoms with van der Waals surface area (Å²) in [7, 11) is -2.87. The fourth-order valence-corrected chi connectivity index (χ4v) is 2.55. The van der Waals surface area contributed by atoms with Gasteiger partial charge in [0.2, 0.25) is 10.0 Å². The van der Waals surface area contributed by atoms with Gasteiger partial charge in [-0.2, -0.15) is 0 Å². The third kappa shape index (κ3) is 3.32. The van der Waals surface area contributed by atoms with Gasteiger partial charge in [-0.3, -0.25) is 13.9 Å². The van der Waals surface area contributed by atoms with Crippen molar-refractivity contribution in [3.63, 3.8) is 0 Å². The van der Waals surface area contributed by atoms with Crippen molar-refractivity contribution in [2.75, 3.05) is 17.6 Å². The summed E-state index contributed by atoms with van der Waals surface area (Å²) >= 11 is 0. The zero-order chi connectivity index (χ0) is 16.7. The van der Waals surface area contributed by atoms with E-state index in [1.807, 2.05) is 0 Å². The number of nitrogens with zero attached hydrogens (tertiary/aromatic N) is 1. The van der Waals surface area contributed by atoms with Crippen LogP contribution in [0.1, 0.15) is 29.6 Å². The smallest absolute Gasteiger partial charge is 0.232 e. The maximum Gasteiger partial charge on any atom is 0.232 e. The van der Waals surface area contributed by atoms with E-state index < -0.39 is 39.5 Å². The van der Waals surface area contributed by atoms with Gasteiger partial charge in [-0.25, -0.2) is 17.2 Å². The molecule has 0 aliphatic heterocycles. The van der Waals surface area contributed by atoms with Crippen LogP contribution in [0.15, 0.2) is 12.1 Å². The van der Waals surface area contributed by atoms with Crippen LogP contribution in [0.4, 0.5) is 14.5 Å². The van der Waals surface area contributed by atoms with E-state index in [9.17, 15) is 26.8 Å². The van der Waals surface area contributed by atoms with Crippen LogP contribution in [-0.4, -0.2) is 33.3 Å². The lowest BCUT2D eigenvalue weighted by molar-refractivity contribution is -0.119. The number of benzene rings is 1. The minimum Gasteiger partial charge on any atom is -0.299 e. The molecule has 8 heteroatoms. The van der Waals surface area contributed by atoms with Crippen molar-refractivity contribution >= 4 is 27.3 Å². The lowest BCUT2D eigenvalue weighted by atomic mass is 10.0. The van der Waals surface area contributed by atoms with E-state index in [1.165, 1.54) is 0 Å². The third-order valence-corrected chi connectivity index (χ3v) is 4.73. The van der Waals surface area contributed by atoms with Gasteiger partial charge in [0.25, 0.3) is 0 Å². The zero-order valence-corrected chi connectivity index (χ0v) is 12.9. The highest BCUT2D eigenvalue weighted by Crippen LogP contribution is 2.33. The number of sulfonamides is 1. The molecule has 1 fully saturated rings. The Morgan fingerprint density at radius 1 is 1.27 bits per heavy atom. The normalized spacial score (nSPS) is 14.7. The zero-order valence-electron chi connectivity index (χ0n) is 12.1. The molecule has 0 radical (unpaired) electrons. The van der Waals surface area contributed by atoms with E-state index >= 15 is 0 Å². The summed E-state index contributed by atoms with van der Waals surface area (Å²) in [6.45, 7) is 0. The van der Waals surface area contributed by atoms with Crippen molar-refractivity contribution in [2.24, 2.45) is 5.92 Å². The number of halogens is 2. The topological polar surface area (TPSA) is 71.5 Å². The van der Waals surface area contributed by atoms with Gasteiger partial charge >= 0.3 is 0 Å². The standard InChI is InChI=1S/C14H15F2NO4S/c1-17(22(2,20)21)14-9(5-6-10(15)13(14)16)12(19)7-11(18)8-3-4-8/h5-6,8H,3-4,7H2,1-2H3. The number of Topliss-reactive ketones (excluding diaryl/α,β-unsaturated/α-hetero) is 2. The van der Waals surface area contributed by atoms with Crippen LogP contribution < -0.4 is 4.31 Å². The molecule has 1 saturated carbocycles. The van der Waals surface area contributed by atoms with Crippen LogP contribution in [0, 0.1) is 17.6 Å². The van der Waals surface area contributed by atoms with E-state index in [0.29, 0.717) is 4.31 Å². The Bertz CT molecular complexity index is 741. The first-order chi connectivity index (χ1) is 10.1. The molecule has 0 atom stereocenters. The maximum atomic E-state index is 14.0. The molecule has 0 N–H and O–H groups in total. The number of carbonyl (C=O) groups excluding carboxylic acids is 2. The minimum absolute atomic E-state index is 0.148. The Balaban J connectivity index is 2.44. The Labute approximate surface area is 127 Å². The highest BCUT2D eigenvalue weighted by molar-refractivity contribution is 7.92. The quantitative estimate of drug-likeness (QED) is 0.590. The molecule has 0 bridgehead atoms. The Hall–Kier alpha value is -1.83. The van der Waals surface area contributed by atoms with Gasteiger partial charge in [0.1, 0.15) is 11.5 Å². The first kappa shape index (κ1) is 16.5. The van der Waals surface area contributed by atoms with Gasteiger partial charge in [0.05, 0.1) is 12.7 Å².